The molecule has 2 aromatic rings. The first kappa shape index (κ1) is 12.3. The monoisotopic (exact) mass is 265 g/mol. The summed E-state index contributed by atoms with van der Waals surface area (Å²) in [5.41, 5.74) is 6.03. The Morgan fingerprint density at radius 3 is 2.67 bits per heavy atom. The second-order valence-corrected chi connectivity index (χ2v) is 3.98. The van der Waals surface area contributed by atoms with Crippen LogP contribution in [-0.4, -0.2) is 10.9 Å². The van der Waals surface area contributed by atoms with Gasteiger partial charge in [0.1, 0.15) is 11.6 Å². The lowest BCUT2D eigenvalue weighted by molar-refractivity contribution is 0.102. The number of nitrogen functional groups attached to an aromatic ring is 1. The van der Waals surface area contributed by atoms with Gasteiger partial charge >= 0.3 is 0 Å². The SMILES string of the molecule is Nc1ncc(F)cc1C(=O)Nc1ccc(Cl)cc1. The Bertz CT molecular complexity index is 586. The van der Waals surface area contributed by atoms with Crippen molar-refractivity contribution in [3.63, 3.8) is 0 Å². The summed E-state index contributed by atoms with van der Waals surface area (Å²) >= 11 is 5.72. The third-order valence-electron chi connectivity index (χ3n) is 2.23. The molecule has 0 saturated carbocycles. The number of nitrogens with two attached hydrogens (primary N) is 1. The van der Waals surface area contributed by atoms with Crippen molar-refractivity contribution in [2.75, 3.05) is 11.1 Å². The number of carbonyl (C=O) groups excluding carboxylic acids is 1. The highest BCUT2D eigenvalue weighted by molar-refractivity contribution is 6.30. The topological polar surface area (TPSA) is 68.0 Å². The van der Waals surface area contributed by atoms with E-state index in [1.165, 1.54) is 0 Å². The number of nitrogens with one attached hydrogen (secondary N) is 1. The van der Waals surface area contributed by atoms with E-state index in [0.29, 0.717) is 10.7 Å². The second-order valence-electron chi connectivity index (χ2n) is 3.55. The van der Waals surface area contributed by atoms with E-state index < -0.39 is 11.7 Å². The van der Waals surface area contributed by atoms with E-state index in [-0.39, 0.29) is 11.4 Å². The Hall–Kier alpha value is -2.14. The minimum atomic E-state index is -0.620. The molecule has 3 N–H and O–H groups in total. The molecule has 4 nitrogen and oxygen atoms in total. The van der Waals surface area contributed by atoms with Crippen molar-refractivity contribution in [1.29, 1.82) is 0 Å². The number of amides is 1. The summed E-state index contributed by atoms with van der Waals surface area (Å²) in [7, 11) is 0. The van der Waals surface area contributed by atoms with Crippen LogP contribution in [0.15, 0.2) is 36.5 Å². The number of benzene rings is 1. The Labute approximate surface area is 108 Å². The van der Waals surface area contributed by atoms with Crippen molar-refractivity contribution in [2.45, 2.75) is 0 Å². The molecule has 18 heavy (non-hydrogen) atoms. The van der Waals surface area contributed by atoms with Gasteiger partial charge in [-0.25, -0.2) is 9.37 Å². The molecule has 0 bridgehead atoms. The lowest BCUT2D eigenvalue weighted by atomic mass is 10.2. The summed E-state index contributed by atoms with van der Waals surface area (Å²) in [6.45, 7) is 0. The Morgan fingerprint density at radius 2 is 2.00 bits per heavy atom. The highest BCUT2D eigenvalue weighted by Crippen LogP contribution is 2.16. The van der Waals surface area contributed by atoms with Crippen molar-refractivity contribution in [3.05, 3.63) is 52.9 Å². The number of anilines is 2. The number of aromatic nitrogens is 1. The normalized spacial score (nSPS) is 10.1. The van der Waals surface area contributed by atoms with Gasteiger partial charge in [0.05, 0.1) is 11.8 Å². The molecule has 0 aliphatic rings. The van der Waals surface area contributed by atoms with Crippen LogP contribution in [0.25, 0.3) is 0 Å². The van der Waals surface area contributed by atoms with Crippen LogP contribution in [0.5, 0.6) is 0 Å². The number of hydrogen-bond acceptors (Lipinski definition) is 3. The van der Waals surface area contributed by atoms with Crippen LogP contribution >= 0.6 is 11.6 Å². The van der Waals surface area contributed by atoms with Gasteiger partial charge in [-0.15, -0.1) is 0 Å². The molecular formula is C12H9ClFN3O. The molecule has 1 aromatic heterocycles. The number of carbonyl (C=O) groups is 1. The van der Waals surface area contributed by atoms with Crippen LogP contribution in [-0.2, 0) is 0 Å². The van der Waals surface area contributed by atoms with E-state index in [2.05, 4.69) is 10.3 Å². The zero-order valence-corrected chi connectivity index (χ0v) is 9.91. The van der Waals surface area contributed by atoms with Crippen LogP contribution in [0.1, 0.15) is 10.4 Å². The standard InChI is InChI=1S/C12H9ClFN3O/c13-7-1-3-9(4-2-7)17-12(18)10-5-8(14)6-16-11(10)15/h1-6H,(H2,15,16)(H,17,18). The van der Waals surface area contributed by atoms with Crippen LogP contribution in [0, 0.1) is 5.82 Å². The van der Waals surface area contributed by atoms with Gasteiger partial charge in [0.25, 0.3) is 5.91 Å². The van der Waals surface area contributed by atoms with Crippen LogP contribution < -0.4 is 11.1 Å². The first-order chi connectivity index (χ1) is 8.56. The van der Waals surface area contributed by atoms with Gasteiger partial charge in [-0.2, -0.15) is 0 Å². The van der Waals surface area contributed by atoms with Gasteiger partial charge in [0, 0.05) is 10.7 Å². The number of halogens is 2. The van der Waals surface area contributed by atoms with Crippen LogP contribution in [0.2, 0.25) is 5.02 Å². The molecule has 1 heterocycles. The predicted octanol–water partition coefficient (Wildman–Crippen LogP) is 2.71. The maximum atomic E-state index is 13.0. The third kappa shape index (κ3) is 2.75. The van der Waals surface area contributed by atoms with Crippen molar-refractivity contribution < 1.29 is 9.18 Å². The Balaban J connectivity index is 2.21. The first-order valence-electron chi connectivity index (χ1n) is 5.04. The van der Waals surface area contributed by atoms with E-state index in [1.807, 2.05) is 0 Å². The number of nitrogens with zero attached hydrogens (tertiary/aromatic N) is 1. The Morgan fingerprint density at radius 1 is 1.33 bits per heavy atom. The van der Waals surface area contributed by atoms with Gasteiger partial charge in [-0.05, 0) is 30.3 Å². The van der Waals surface area contributed by atoms with Gasteiger partial charge in [-0.3, -0.25) is 4.79 Å². The smallest absolute Gasteiger partial charge is 0.259 e. The van der Waals surface area contributed by atoms with E-state index >= 15 is 0 Å². The maximum Gasteiger partial charge on any atom is 0.259 e. The van der Waals surface area contributed by atoms with E-state index in [4.69, 9.17) is 17.3 Å². The van der Waals surface area contributed by atoms with E-state index in [9.17, 15) is 9.18 Å². The molecule has 6 heteroatoms. The van der Waals surface area contributed by atoms with Crippen molar-refractivity contribution in [1.82, 2.24) is 4.98 Å². The quantitative estimate of drug-likeness (QED) is 0.877. The van der Waals surface area contributed by atoms with Gasteiger partial charge in [-0.1, -0.05) is 11.6 Å². The summed E-state index contributed by atoms with van der Waals surface area (Å²) < 4.78 is 13.0. The molecule has 0 unspecified atom stereocenters. The third-order valence-corrected chi connectivity index (χ3v) is 2.48. The molecule has 0 radical (unpaired) electrons. The highest BCUT2D eigenvalue weighted by atomic mass is 35.5. The molecule has 2 rings (SSSR count). The molecule has 1 amide bonds. The lowest BCUT2D eigenvalue weighted by Gasteiger charge is -2.07. The summed E-state index contributed by atoms with van der Waals surface area (Å²) in [5, 5.41) is 3.12. The molecule has 0 spiro atoms. The average Bonchev–Trinajstić information content (AvgIpc) is 2.35. The van der Waals surface area contributed by atoms with Crippen molar-refractivity contribution >= 4 is 29.0 Å². The molecule has 92 valence electrons. The van der Waals surface area contributed by atoms with Crippen molar-refractivity contribution in [2.24, 2.45) is 0 Å². The maximum absolute atomic E-state index is 13.0. The fourth-order valence-corrected chi connectivity index (χ4v) is 1.49. The molecule has 0 fully saturated rings. The van der Waals surface area contributed by atoms with Crippen molar-refractivity contribution in [3.8, 4) is 0 Å². The largest absolute Gasteiger partial charge is 0.383 e. The molecule has 1 aromatic carbocycles. The summed E-state index contributed by atoms with van der Waals surface area (Å²) in [4.78, 5) is 15.4. The zero-order valence-electron chi connectivity index (χ0n) is 9.15. The Kier molecular flexibility index (Phi) is 3.43. The molecule has 0 aliphatic heterocycles. The summed E-state index contributed by atoms with van der Waals surface area (Å²) in [5.74, 6) is -1.17. The molecule has 0 aliphatic carbocycles. The summed E-state index contributed by atoms with van der Waals surface area (Å²) in [6, 6.07) is 7.55. The minimum absolute atomic E-state index is 0.00931. The van der Waals surface area contributed by atoms with E-state index in [1.54, 1.807) is 24.3 Å². The number of rotatable bonds is 2. The van der Waals surface area contributed by atoms with Gasteiger partial charge in [0.2, 0.25) is 0 Å². The minimum Gasteiger partial charge on any atom is -0.383 e. The number of hydrogen-bond donors (Lipinski definition) is 2. The van der Waals surface area contributed by atoms with Crippen LogP contribution in [0.4, 0.5) is 15.9 Å². The highest BCUT2D eigenvalue weighted by Gasteiger charge is 2.12. The van der Waals surface area contributed by atoms with Crippen LogP contribution in [0.3, 0.4) is 0 Å². The zero-order chi connectivity index (χ0) is 13.1. The second kappa shape index (κ2) is 5.01. The predicted molar refractivity (Wildman–Crippen MR) is 68.0 cm³/mol. The number of pyridine rings is 1. The summed E-state index contributed by atoms with van der Waals surface area (Å²) in [6.07, 6.45) is 0.953. The molecular weight excluding hydrogens is 257 g/mol. The molecule has 0 saturated heterocycles. The fourth-order valence-electron chi connectivity index (χ4n) is 1.36. The van der Waals surface area contributed by atoms with E-state index in [0.717, 1.165) is 12.3 Å². The first-order valence-corrected chi connectivity index (χ1v) is 5.42. The van der Waals surface area contributed by atoms with Gasteiger partial charge in [0.15, 0.2) is 0 Å². The lowest BCUT2D eigenvalue weighted by Crippen LogP contribution is -2.15. The fraction of sp³-hybridized carbons (Fsp3) is 0. The molecule has 0 atom stereocenters. The average molecular weight is 266 g/mol. The van der Waals surface area contributed by atoms with Gasteiger partial charge < -0.3 is 11.1 Å².